The molecule has 2 amide bonds. The molecular formula is C21H22N4O2. The summed E-state index contributed by atoms with van der Waals surface area (Å²) in [5, 5.41) is 0. The number of para-hydroxylation sites is 1. The zero-order valence-electron chi connectivity index (χ0n) is 15.3. The molecule has 0 unspecified atom stereocenters. The van der Waals surface area contributed by atoms with Crippen LogP contribution < -0.4 is 4.90 Å². The van der Waals surface area contributed by atoms with Crippen LogP contribution in [-0.4, -0.2) is 46.2 Å². The molecule has 1 aliphatic heterocycles. The van der Waals surface area contributed by atoms with Crippen molar-refractivity contribution in [2.24, 2.45) is 0 Å². The first kappa shape index (κ1) is 17.3. The topological polar surface area (TPSA) is 57.9 Å². The van der Waals surface area contributed by atoms with Crippen LogP contribution in [0.5, 0.6) is 0 Å². The SMILES string of the molecule is CN(C(=O)c1nc(C(=O)N2CCCCC2)n2ccccc12)c1ccccc1. The first-order chi connectivity index (χ1) is 13.2. The van der Waals surface area contributed by atoms with Crippen molar-refractivity contribution in [3.8, 4) is 0 Å². The third-order valence-corrected chi connectivity index (χ3v) is 5.03. The second-order valence-electron chi connectivity index (χ2n) is 6.79. The Labute approximate surface area is 158 Å². The van der Waals surface area contributed by atoms with E-state index in [1.54, 1.807) is 22.5 Å². The number of hydrogen-bond donors (Lipinski definition) is 0. The van der Waals surface area contributed by atoms with Crippen molar-refractivity contribution < 1.29 is 9.59 Å². The van der Waals surface area contributed by atoms with Gasteiger partial charge in [-0.05, 0) is 43.5 Å². The van der Waals surface area contributed by atoms with Crippen molar-refractivity contribution in [2.75, 3.05) is 25.0 Å². The number of pyridine rings is 1. The van der Waals surface area contributed by atoms with E-state index in [1.165, 1.54) is 0 Å². The van der Waals surface area contributed by atoms with Gasteiger partial charge in [-0.15, -0.1) is 0 Å². The van der Waals surface area contributed by atoms with E-state index in [4.69, 9.17) is 0 Å². The van der Waals surface area contributed by atoms with E-state index in [1.807, 2.05) is 53.4 Å². The monoisotopic (exact) mass is 362 g/mol. The molecule has 0 spiro atoms. The minimum atomic E-state index is -0.234. The molecule has 1 aliphatic rings. The fraction of sp³-hybridized carbons (Fsp3) is 0.286. The quantitative estimate of drug-likeness (QED) is 0.719. The van der Waals surface area contributed by atoms with Crippen molar-refractivity contribution in [3.63, 3.8) is 0 Å². The van der Waals surface area contributed by atoms with Gasteiger partial charge in [0.25, 0.3) is 11.8 Å². The largest absolute Gasteiger partial charge is 0.336 e. The summed E-state index contributed by atoms with van der Waals surface area (Å²) in [5.41, 5.74) is 1.72. The predicted molar refractivity (Wildman–Crippen MR) is 104 cm³/mol. The van der Waals surface area contributed by atoms with Gasteiger partial charge in [-0.25, -0.2) is 4.98 Å². The summed E-state index contributed by atoms with van der Waals surface area (Å²) in [6, 6.07) is 14.9. The third-order valence-electron chi connectivity index (χ3n) is 5.03. The molecule has 3 heterocycles. The standard InChI is InChI=1S/C21H22N4O2/c1-23(16-10-4-2-5-11-16)20(26)18-17-12-6-9-15-25(17)19(22-18)21(27)24-13-7-3-8-14-24/h2,4-6,9-12,15H,3,7-8,13-14H2,1H3. The Morgan fingerprint density at radius 2 is 1.67 bits per heavy atom. The van der Waals surface area contributed by atoms with E-state index in [-0.39, 0.29) is 11.8 Å². The van der Waals surface area contributed by atoms with Gasteiger partial charge in [-0.1, -0.05) is 24.3 Å². The summed E-state index contributed by atoms with van der Waals surface area (Å²) in [6.45, 7) is 1.49. The number of rotatable bonds is 3. The van der Waals surface area contributed by atoms with E-state index in [0.29, 0.717) is 17.0 Å². The molecular weight excluding hydrogens is 340 g/mol. The van der Waals surface area contributed by atoms with Crippen LogP contribution in [-0.2, 0) is 0 Å². The van der Waals surface area contributed by atoms with Crippen molar-refractivity contribution in [3.05, 3.63) is 66.2 Å². The van der Waals surface area contributed by atoms with Crippen molar-refractivity contribution in [1.29, 1.82) is 0 Å². The van der Waals surface area contributed by atoms with Gasteiger partial charge in [0.1, 0.15) is 0 Å². The molecule has 0 N–H and O–H groups in total. The smallest absolute Gasteiger partial charge is 0.290 e. The number of carbonyl (C=O) groups excluding carboxylic acids is 2. The Morgan fingerprint density at radius 1 is 0.963 bits per heavy atom. The molecule has 3 aromatic rings. The molecule has 0 saturated carbocycles. The highest BCUT2D eigenvalue weighted by Gasteiger charge is 2.27. The normalized spacial score (nSPS) is 14.3. The number of imidazole rings is 1. The Balaban J connectivity index is 1.73. The molecule has 6 heteroatoms. The molecule has 1 aromatic carbocycles. The van der Waals surface area contributed by atoms with Crippen LogP contribution in [0.3, 0.4) is 0 Å². The first-order valence-corrected chi connectivity index (χ1v) is 9.26. The maximum Gasteiger partial charge on any atom is 0.290 e. The number of benzene rings is 1. The maximum absolute atomic E-state index is 13.1. The highest BCUT2D eigenvalue weighted by Crippen LogP contribution is 2.21. The minimum absolute atomic E-state index is 0.114. The van der Waals surface area contributed by atoms with Gasteiger partial charge < -0.3 is 9.80 Å². The fourth-order valence-electron chi connectivity index (χ4n) is 3.51. The second-order valence-corrected chi connectivity index (χ2v) is 6.79. The molecule has 0 bridgehead atoms. The number of piperidine rings is 1. The van der Waals surface area contributed by atoms with Crippen LogP contribution in [0.1, 0.15) is 40.4 Å². The van der Waals surface area contributed by atoms with E-state index in [0.717, 1.165) is 38.0 Å². The lowest BCUT2D eigenvalue weighted by Gasteiger charge is -2.25. The number of carbonyl (C=O) groups is 2. The molecule has 0 radical (unpaired) electrons. The number of aromatic nitrogens is 2. The van der Waals surface area contributed by atoms with E-state index >= 15 is 0 Å². The van der Waals surface area contributed by atoms with Crippen molar-refractivity contribution >= 4 is 23.0 Å². The summed E-state index contributed by atoms with van der Waals surface area (Å²) >= 11 is 0. The van der Waals surface area contributed by atoms with Gasteiger partial charge in [0.05, 0.1) is 5.52 Å². The zero-order chi connectivity index (χ0) is 18.8. The summed E-state index contributed by atoms with van der Waals surface area (Å²) in [6.07, 6.45) is 4.96. The minimum Gasteiger partial charge on any atom is -0.336 e. The van der Waals surface area contributed by atoms with Gasteiger partial charge in [0, 0.05) is 32.0 Å². The van der Waals surface area contributed by atoms with Gasteiger partial charge >= 0.3 is 0 Å². The van der Waals surface area contributed by atoms with Crippen molar-refractivity contribution in [2.45, 2.75) is 19.3 Å². The molecule has 0 aliphatic carbocycles. The lowest BCUT2D eigenvalue weighted by atomic mass is 10.1. The van der Waals surface area contributed by atoms with Crippen LogP contribution in [0.25, 0.3) is 5.52 Å². The maximum atomic E-state index is 13.1. The van der Waals surface area contributed by atoms with Crippen LogP contribution in [0.2, 0.25) is 0 Å². The van der Waals surface area contributed by atoms with E-state index < -0.39 is 0 Å². The summed E-state index contributed by atoms with van der Waals surface area (Å²) in [4.78, 5) is 34.0. The van der Waals surface area contributed by atoms with Crippen LogP contribution in [0.15, 0.2) is 54.7 Å². The number of anilines is 1. The summed E-state index contributed by atoms with van der Waals surface area (Å²) < 4.78 is 1.73. The van der Waals surface area contributed by atoms with Gasteiger partial charge in [-0.3, -0.25) is 14.0 Å². The molecule has 27 heavy (non-hydrogen) atoms. The molecule has 138 valence electrons. The number of hydrogen-bond acceptors (Lipinski definition) is 3. The van der Waals surface area contributed by atoms with Gasteiger partial charge in [-0.2, -0.15) is 0 Å². The summed E-state index contributed by atoms with van der Waals surface area (Å²) in [5.74, 6) is -0.0442. The van der Waals surface area contributed by atoms with Gasteiger partial charge in [0.2, 0.25) is 5.82 Å². The number of fused-ring (bicyclic) bond motifs is 1. The number of nitrogens with zero attached hydrogens (tertiary/aromatic N) is 4. The highest BCUT2D eigenvalue weighted by atomic mass is 16.2. The van der Waals surface area contributed by atoms with Crippen LogP contribution in [0.4, 0.5) is 5.69 Å². The Kier molecular flexibility index (Phi) is 4.62. The number of amides is 2. The molecule has 6 nitrogen and oxygen atoms in total. The second kappa shape index (κ2) is 7.23. The lowest BCUT2D eigenvalue weighted by Crippen LogP contribution is -2.36. The third kappa shape index (κ3) is 3.18. The van der Waals surface area contributed by atoms with Crippen molar-refractivity contribution in [1.82, 2.24) is 14.3 Å². The predicted octanol–water partition coefficient (Wildman–Crippen LogP) is 3.24. The molecule has 4 rings (SSSR count). The highest BCUT2D eigenvalue weighted by molar-refractivity contribution is 6.10. The van der Waals surface area contributed by atoms with E-state index in [9.17, 15) is 9.59 Å². The average Bonchev–Trinajstić information content (AvgIpc) is 3.13. The fourth-order valence-corrected chi connectivity index (χ4v) is 3.51. The number of likely N-dealkylation sites (tertiary alicyclic amines) is 1. The Hall–Kier alpha value is -3.15. The molecule has 1 fully saturated rings. The summed E-state index contributed by atoms with van der Waals surface area (Å²) in [7, 11) is 1.72. The Morgan fingerprint density at radius 3 is 2.41 bits per heavy atom. The lowest BCUT2D eigenvalue weighted by molar-refractivity contribution is 0.0711. The first-order valence-electron chi connectivity index (χ1n) is 9.26. The van der Waals surface area contributed by atoms with Crippen LogP contribution in [0, 0.1) is 0 Å². The van der Waals surface area contributed by atoms with Crippen LogP contribution >= 0.6 is 0 Å². The van der Waals surface area contributed by atoms with E-state index in [2.05, 4.69) is 4.98 Å². The zero-order valence-corrected chi connectivity index (χ0v) is 15.3. The molecule has 0 atom stereocenters. The Bertz CT molecular complexity index is 974. The van der Waals surface area contributed by atoms with Gasteiger partial charge in [0.15, 0.2) is 5.69 Å². The average molecular weight is 362 g/mol. The molecule has 2 aromatic heterocycles. The molecule has 1 saturated heterocycles.